The lowest BCUT2D eigenvalue weighted by Crippen LogP contribution is -2.36. The van der Waals surface area contributed by atoms with Crippen LogP contribution in [0.2, 0.25) is 0 Å². The number of nitrogens with zero attached hydrogens (tertiary/aromatic N) is 8. The van der Waals surface area contributed by atoms with E-state index in [4.69, 9.17) is 0 Å². The summed E-state index contributed by atoms with van der Waals surface area (Å²) < 4.78 is 3.91. The van der Waals surface area contributed by atoms with E-state index in [0.29, 0.717) is 11.7 Å². The third-order valence-electron chi connectivity index (χ3n) is 4.81. The lowest BCUT2D eigenvalue weighted by Gasteiger charge is -2.33. The van der Waals surface area contributed by atoms with Crippen LogP contribution in [0.5, 0.6) is 0 Å². The van der Waals surface area contributed by atoms with Crippen LogP contribution in [-0.4, -0.2) is 47.3 Å². The molecule has 4 aromatic heterocycles. The van der Waals surface area contributed by atoms with Crippen molar-refractivity contribution in [3.8, 4) is 0 Å². The van der Waals surface area contributed by atoms with Crippen molar-refractivity contribution in [2.75, 3.05) is 18.0 Å². The molecule has 4 aromatic rings. The molecule has 1 fully saturated rings. The second-order valence-corrected chi connectivity index (χ2v) is 6.50. The van der Waals surface area contributed by atoms with Crippen LogP contribution in [0.15, 0.2) is 36.8 Å². The molecule has 1 aliphatic heterocycles. The fourth-order valence-corrected chi connectivity index (χ4v) is 3.67. The van der Waals surface area contributed by atoms with Crippen molar-refractivity contribution in [2.45, 2.75) is 25.7 Å². The monoisotopic (exact) mass is 334 g/mol. The molecule has 0 spiro atoms. The maximum atomic E-state index is 4.46. The molecule has 5 rings (SSSR count). The van der Waals surface area contributed by atoms with Crippen LogP contribution in [-0.2, 0) is 0 Å². The molecule has 0 amide bonds. The van der Waals surface area contributed by atoms with Crippen molar-refractivity contribution in [1.29, 1.82) is 0 Å². The third kappa shape index (κ3) is 2.33. The maximum Gasteiger partial charge on any atom is 0.254 e. The zero-order valence-electron chi connectivity index (χ0n) is 13.9. The van der Waals surface area contributed by atoms with Gasteiger partial charge in [0.1, 0.15) is 18.0 Å². The van der Waals surface area contributed by atoms with E-state index in [1.54, 1.807) is 6.33 Å². The van der Waals surface area contributed by atoms with Gasteiger partial charge in [0.05, 0.1) is 0 Å². The van der Waals surface area contributed by atoms with Gasteiger partial charge in [0, 0.05) is 37.0 Å². The van der Waals surface area contributed by atoms with Crippen LogP contribution in [0.4, 0.5) is 5.82 Å². The molecule has 8 nitrogen and oxygen atoms in total. The highest BCUT2D eigenvalue weighted by atomic mass is 15.4. The van der Waals surface area contributed by atoms with Gasteiger partial charge in [0.15, 0.2) is 5.65 Å². The number of hydrogen-bond acceptors (Lipinski definition) is 6. The number of rotatable bonds is 2. The number of hydrogen-bond donors (Lipinski definition) is 0. The molecule has 0 aromatic carbocycles. The number of fused-ring (bicyclic) bond motifs is 2. The van der Waals surface area contributed by atoms with Gasteiger partial charge in [-0.1, -0.05) is 6.07 Å². The fourth-order valence-electron chi connectivity index (χ4n) is 3.67. The van der Waals surface area contributed by atoms with E-state index in [9.17, 15) is 0 Å². The summed E-state index contributed by atoms with van der Waals surface area (Å²) in [4.78, 5) is 11.0. The van der Waals surface area contributed by atoms with Crippen LogP contribution in [0.25, 0.3) is 11.4 Å². The Balaban J connectivity index is 1.53. The van der Waals surface area contributed by atoms with E-state index in [-0.39, 0.29) is 0 Å². The van der Waals surface area contributed by atoms with Gasteiger partial charge >= 0.3 is 0 Å². The lowest BCUT2D eigenvalue weighted by atomic mass is 9.97. The molecule has 126 valence electrons. The van der Waals surface area contributed by atoms with Crippen molar-refractivity contribution in [3.05, 3.63) is 48.3 Å². The van der Waals surface area contributed by atoms with E-state index < -0.39 is 0 Å². The molecule has 0 radical (unpaired) electrons. The molecule has 1 unspecified atom stereocenters. The van der Waals surface area contributed by atoms with Gasteiger partial charge in [-0.3, -0.25) is 4.40 Å². The lowest BCUT2D eigenvalue weighted by molar-refractivity contribution is 0.483. The first-order valence-corrected chi connectivity index (χ1v) is 8.51. The molecular weight excluding hydrogens is 316 g/mol. The summed E-state index contributed by atoms with van der Waals surface area (Å²) in [5.74, 6) is 3.04. The Bertz CT molecular complexity index is 1050. The van der Waals surface area contributed by atoms with Gasteiger partial charge in [-0.15, -0.1) is 10.2 Å². The zero-order chi connectivity index (χ0) is 16.8. The predicted molar refractivity (Wildman–Crippen MR) is 92.7 cm³/mol. The van der Waals surface area contributed by atoms with Crippen molar-refractivity contribution in [1.82, 2.24) is 34.2 Å². The molecule has 0 aliphatic carbocycles. The van der Waals surface area contributed by atoms with Crippen molar-refractivity contribution in [3.63, 3.8) is 0 Å². The first kappa shape index (κ1) is 14.3. The van der Waals surface area contributed by atoms with Gasteiger partial charge in [0.2, 0.25) is 0 Å². The highest BCUT2D eigenvalue weighted by Crippen LogP contribution is 2.29. The first-order chi connectivity index (χ1) is 12.3. The molecule has 1 saturated heterocycles. The molecular formula is C17H18N8. The van der Waals surface area contributed by atoms with Crippen LogP contribution in [0.1, 0.15) is 30.3 Å². The summed E-state index contributed by atoms with van der Waals surface area (Å²) in [6, 6.07) is 8.07. The Labute approximate surface area is 144 Å². The first-order valence-electron chi connectivity index (χ1n) is 8.51. The average molecular weight is 334 g/mol. The fraction of sp³-hybridized carbons (Fsp3) is 0.353. The Morgan fingerprint density at radius 2 is 2.16 bits per heavy atom. The standard InChI is InChI=1S/C17H18N8/c1-12-9-15(25-17(20-12)18-11-19-25)23-7-4-5-13(10-23)16-22-21-14-6-2-3-8-24(14)16/h2-3,6,8-9,11,13H,4-5,7,10H2,1H3. The largest absolute Gasteiger partial charge is 0.356 e. The highest BCUT2D eigenvalue weighted by Gasteiger charge is 2.27. The molecule has 0 saturated carbocycles. The normalized spacial score (nSPS) is 18.3. The highest BCUT2D eigenvalue weighted by molar-refractivity contribution is 5.48. The number of aryl methyl sites for hydroxylation is 1. The Morgan fingerprint density at radius 1 is 1.20 bits per heavy atom. The summed E-state index contributed by atoms with van der Waals surface area (Å²) in [6.07, 6.45) is 5.80. The van der Waals surface area contributed by atoms with Crippen molar-refractivity contribution >= 4 is 17.2 Å². The second kappa shape index (κ2) is 5.51. The van der Waals surface area contributed by atoms with E-state index in [2.05, 4.69) is 40.6 Å². The SMILES string of the molecule is Cc1cc(N2CCCC(c3nnc4ccccn34)C2)n2ncnc2n1. The molecule has 25 heavy (non-hydrogen) atoms. The Hall–Kier alpha value is -3.03. The summed E-state index contributed by atoms with van der Waals surface area (Å²) in [5.41, 5.74) is 1.85. The van der Waals surface area contributed by atoms with Gasteiger partial charge in [-0.05, 0) is 31.9 Å². The Morgan fingerprint density at radius 3 is 3.12 bits per heavy atom. The predicted octanol–water partition coefficient (Wildman–Crippen LogP) is 1.86. The van der Waals surface area contributed by atoms with Crippen LogP contribution >= 0.6 is 0 Å². The number of anilines is 1. The average Bonchev–Trinajstić information content (AvgIpc) is 3.27. The zero-order valence-corrected chi connectivity index (χ0v) is 13.9. The quantitative estimate of drug-likeness (QED) is 0.557. The second-order valence-electron chi connectivity index (χ2n) is 6.50. The van der Waals surface area contributed by atoms with Gasteiger partial charge in [-0.25, -0.2) is 4.98 Å². The smallest absolute Gasteiger partial charge is 0.254 e. The minimum Gasteiger partial charge on any atom is -0.356 e. The summed E-state index contributed by atoms with van der Waals surface area (Å²) in [6.45, 7) is 3.87. The Kier molecular flexibility index (Phi) is 3.16. The number of aromatic nitrogens is 7. The summed E-state index contributed by atoms with van der Waals surface area (Å²) >= 11 is 0. The molecule has 0 N–H and O–H groups in total. The van der Waals surface area contributed by atoms with Crippen molar-refractivity contribution < 1.29 is 0 Å². The maximum absolute atomic E-state index is 4.46. The summed E-state index contributed by atoms with van der Waals surface area (Å²) in [5, 5.41) is 13.1. The van der Waals surface area contributed by atoms with E-state index >= 15 is 0 Å². The van der Waals surface area contributed by atoms with E-state index in [1.165, 1.54) is 0 Å². The van der Waals surface area contributed by atoms with Gasteiger partial charge in [0.25, 0.3) is 5.78 Å². The van der Waals surface area contributed by atoms with E-state index in [0.717, 1.165) is 48.9 Å². The molecule has 8 heteroatoms. The van der Waals surface area contributed by atoms with Gasteiger partial charge < -0.3 is 4.90 Å². The van der Waals surface area contributed by atoms with Gasteiger partial charge in [-0.2, -0.15) is 14.6 Å². The van der Waals surface area contributed by atoms with Crippen LogP contribution < -0.4 is 4.90 Å². The minimum absolute atomic E-state index is 0.332. The topological polar surface area (TPSA) is 76.5 Å². The van der Waals surface area contributed by atoms with Crippen molar-refractivity contribution in [2.24, 2.45) is 0 Å². The van der Waals surface area contributed by atoms with Crippen LogP contribution in [0, 0.1) is 6.92 Å². The molecule has 1 atom stereocenters. The van der Waals surface area contributed by atoms with Crippen LogP contribution in [0.3, 0.4) is 0 Å². The number of piperidine rings is 1. The third-order valence-corrected chi connectivity index (χ3v) is 4.81. The minimum atomic E-state index is 0.332. The summed E-state index contributed by atoms with van der Waals surface area (Å²) in [7, 11) is 0. The number of pyridine rings is 1. The van der Waals surface area contributed by atoms with E-state index in [1.807, 2.05) is 35.8 Å². The molecule has 5 heterocycles. The molecule has 1 aliphatic rings. The molecule has 0 bridgehead atoms.